The Labute approximate surface area is 151 Å². The Morgan fingerprint density at radius 1 is 1.31 bits per heavy atom. The van der Waals surface area contributed by atoms with Gasteiger partial charge >= 0.3 is 5.97 Å². The molecule has 1 aliphatic heterocycles. The number of aliphatic carboxylic acids is 1. The molecule has 7 heteroatoms. The number of aryl methyl sites for hydroxylation is 1. The van der Waals surface area contributed by atoms with Crippen molar-refractivity contribution in [2.45, 2.75) is 32.7 Å². The SMILES string of the molecule is Cc1cc(C=CC(=O)N2CCC(C(=O)NC(C)C(=O)O)CC2)ccc1F. The number of hydrogen-bond acceptors (Lipinski definition) is 3. The van der Waals surface area contributed by atoms with E-state index in [-0.39, 0.29) is 23.5 Å². The van der Waals surface area contributed by atoms with Crippen molar-refractivity contribution in [2.75, 3.05) is 13.1 Å². The zero-order valence-electron chi connectivity index (χ0n) is 14.9. The van der Waals surface area contributed by atoms with Gasteiger partial charge in [-0.15, -0.1) is 0 Å². The molecule has 0 bridgehead atoms. The summed E-state index contributed by atoms with van der Waals surface area (Å²) in [6, 6.07) is 3.71. The van der Waals surface area contributed by atoms with Gasteiger partial charge < -0.3 is 15.3 Å². The number of benzene rings is 1. The second kappa shape index (κ2) is 8.60. The van der Waals surface area contributed by atoms with Gasteiger partial charge in [-0.25, -0.2) is 4.39 Å². The molecule has 140 valence electrons. The quantitative estimate of drug-likeness (QED) is 0.784. The van der Waals surface area contributed by atoms with Crippen molar-refractivity contribution in [2.24, 2.45) is 5.92 Å². The number of carboxylic acid groups (broad SMARTS) is 1. The lowest BCUT2D eigenvalue weighted by Crippen LogP contribution is -2.46. The number of nitrogens with one attached hydrogen (secondary N) is 1. The molecule has 2 rings (SSSR count). The number of likely N-dealkylation sites (tertiary alicyclic amines) is 1. The smallest absolute Gasteiger partial charge is 0.325 e. The van der Waals surface area contributed by atoms with Crippen molar-refractivity contribution in [3.63, 3.8) is 0 Å². The topological polar surface area (TPSA) is 86.7 Å². The fourth-order valence-corrected chi connectivity index (χ4v) is 2.80. The lowest BCUT2D eigenvalue weighted by atomic mass is 9.95. The number of halogens is 1. The van der Waals surface area contributed by atoms with Crippen LogP contribution in [0.15, 0.2) is 24.3 Å². The summed E-state index contributed by atoms with van der Waals surface area (Å²) in [4.78, 5) is 36.7. The highest BCUT2D eigenvalue weighted by molar-refractivity contribution is 5.92. The number of carbonyl (C=O) groups excluding carboxylic acids is 2. The van der Waals surface area contributed by atoms with Crippen LogP contribution < -0.4 is 5.32 Å². The molecule has 0 saturated carbocycles. The summed E-state index contributed by atoms with van der Waals surface area (Å²) in [6.45, 7) is 3.95. The van der Waals surface area contributed by atoms with E-state index in [1.54, 1.807) is 30.0 Å². The van der Waals surface area contributed by atoms with Crippen LogP contribution in [0.25, 0.3) is 6.08 Å². The monoisotopic (exact) mass is 362 g/mol. The zero-order chi connectivity index (χ0) is 19.3. The lowest BCUT2D eigenvalue weighted by molar-refractivity contribution is -0.142. The van der Waals surface area contributed by atoms with Gasteiger partial charge in [-0.1, -0.05) is 6.07 Å². The van der Waals surface area contributed by atoms with Crippen molar-refractivity contribution < 1.29 is 23.9 Å². The maximum absolute atomic E-state index is 13.2. The molecule has 0 aliphatic carbocycles. The average Bonchev–Trinajstić information content (AvgIpc) is 2.62. The number of amides is 2. The summed E-state index contributed by atoms with van der Waals surface area (Å²) < 4.78 is 13.2. The third kappa shape index (κ3) is 5.15. The number of carbonyl (C=O) groups is 3. The van der Waals surface area contributed by atoms with E-state index in [0.717, 1.165) is 5.56 Å². The van der Waals surface area contributed by atoms with Gasteiger partial charge in [0.2, 0.25) is 11.8 Å². The van der Waals surface area contributed by atoms with Crippen molar-refractivity contribution in [3.8, 4) is 0 Å². The molecule has 0 aromatic heterocycles. The molecule has 2 amide bonds. The molecule has 1 aromatic carbocycles. The largest absolute Gasteiger partial charge is 0.480 e. The van der Waals surface area contributed by atoms with E-state index >= 15 is 0 Å². The van der Waals surface area contributed by atoms with Crippen molar-refractivity contribution in [1.82, 2.24) is 10.2 Å². The predicted molar refractivity (Wildman–Crippen MR) is 94.7 cm³/mol. The molecule has 1 aliphatic rings. The summed E-state index contributed by atoms with van der Waals surface area (Å²) in [5, 5.41) is 11.3. The number of piperidine rings is 1. The van der Waals surface area contributed by atoms with Crippen LogP contribution in [0.4, 0.5) is 4.39 Å². The lowest BCUT2D eigenvalue weighted by Gasteiger charge is -2.31. The minimum Gasteiger partial charge on any atom is -0.480 e. The second-order valence-corrected chi connectivity index (χ2v) is 6.51. The number of hydrogen-bond donors (Lipinski definition) is 2. The zero-order valence-corrected chi connectivity index (χ0v) is 14.9. The maximum atomic E-state index is 13.2. The van der Waals surface area contributed by atoms with E-state index in [9.17, 15) is 18.8 Å². The Hall–Kier alpha value is -2.70. The molecule has 0 spiro atoms. The molecule has 2 N–H and O–H groups in total. The van der Waals surface area contributed by atoms with E-state index in [4.69, 9.17) is 5.11 Å². The molecule has 1 heterocycles. The third-order valence-corrected chi connectivity index (χ3v) is 4.51. The molecule has 1 saturated heterocycles. The number of rotatable bonds is 5. The summed E-state index contributed by atoms with van der Waals surface area (Å²) >= 11 is 0. The first-order valence-electron chi connectivity index (χ1n) is 8.54. The van der Waals surface area contributed by atoms with Gasteiger partial charge in [-0.05, 0) is 56.0 Å². The minimum absolute atomic E-state index is 0.162. The summed E-state index contributed by atoms with van der Waals surface area (Å²) in [5.41, 5.74) is 1.26. The van der Waals surface area contributed by atoms with E-state index in [1.807, 2.05) is 0 Å². The molecule has 1 atom stereocenters. The van der Waals surface area contributed by atoms with Gasteiger partial charge in [0, 0.05) is 25.1 Å². The van der Waals surface area contributed by atoms with Gasteiger partial charge in [-0.3, -0.25) is 14.4 Å². The van der Waals surface area contributed by atoms with Gasteiger partial charge in [0.15, 0.2) is 0 Å². The van der Waals surface area contributed by atoms with Crippen LogP contribution in [0.3, 0.4) is 0 Å². The van der Waals surface area contributed by atoms with Crippen LogP contribution in [0.5, 0.6) is 0 Å². The molecule has 1 aromatic rings. The van der Waals surface area contributed by atoms with Gasteiger partial charge in [0.25, 0.3) is 0 Å². The molecule has 1 unspecified atom stereocenters. The van der Waals surface area contributed by atoms with Crippen LogP contribution in [-0.2, 0) is 14.4 Å². The van der Waals surface area contributed by atoms with Crippen LogP contribution >= 0.6 is 0 Å². The first-order valence-corrected chi connectivity index (χ1v) is 8.54. The highest BCUT2D eigenvalue weighted by Gasteiger charge is 2.28. The van der Waals surface area contributed by atoms with E-state index < -0.39 is 12.0 Å². The Kier molecular flexibility index (Phi) is 6.49. The first kappa shape index (κ1) is 19.6. The van der Waals surface area contributed by atoms with Crippen LogP contribution in [0.1, 0.15) is 30.9 Å². The third-order valence-electron chi connectivity index (χ3n) is 4.51. The molecule has 1 fully saturated rings. The Morgan fingerprint density at radius 2 is 1.96 bits per heavy atom. The van der Waals surface area contributed by atoms with Crippen molar-refractivity contribution in [3.05, 3.63) is 41.2 Å². The Bertz CT molecular complexity index is 724. The van der Waals surface area contributed by atoms with Gasteiger partial charge in [0.1, 0.15) is 11.9 Å². The van der Waals surface area contributed by atoms with Crippen molar-refractivity contribution in [1.29, 1.82) is 0 Å². The van der Waals surface area contributed by atoms with Crippen LogP contribution in [0, 0.1) is 18.7 Å². The van der Waals surface area contributed by atoms with E-state index in [0.29, 0.717) is 31.5 Å². The van der Waals surface area contributed by atoms with Gasteiger partial charge in [-0.2, -0.15) is 0 Å². The highest BCUT2D eigenvalue weighted by Crippen LogP contribution is 2.18. The van der Waals surface area contributed by atoms with Crippen LogP contribution in [-0.4, -0.2) is 46.9 Å². The fourth-order valence-electron chi connectivity index (χ4n) is 2.80. The molecule has 0 radical (unpaired) electrons. The standard InChI is InChI=1S/C19H23FN2O4/c1-12-11-14(3-5-16(12)20)4-6-17(23)22-9-7-15(8-10-22)18(24)21-13(2)19(25)26/h3-6,11,13,15H,7-10H2,1-2H3,(H,21,24)(H,25,26). The highest BCUT2D eigenvalue weighted by atomic mass is 19.1. The predicted octanol–water partition coefficient (Wildman–Crippen LogP) is 1.98. The second-order valence-electron chi connectivity index (χ2n) is 6.51. The molecule has 26 heavy (non-hydrogen) atoms. The molecular formula is C19H23FN2O4. The summed E-state index contributed by atoms with van der Waals surface area (Å²) in [6.07, 6.45) is 4.07. The maximum Gasteiger partial charge on any atom is 0.325 e. The Morgan fingerprint density at radius 3 is 2.54 bits per heavy atom. The fraction of sp³-hybridized carbons (Fsp3) is 0.421. The van der Waals surface area contributed by atoms with E-state index in [1.165, 1.54) is 19.1 Å². The average molecular weight is 362 g/mol. The minimum atomic E-state index is -1.08. The van der Waals surface area contributed by atoms with E-state index in [2.05, 4.69) is 5.32 Å². The molecule has 6 nitrogen and oxygen atoms in total. The van der Waals surface area contributed by atoms with Crippen LogP contribution in [0.2, 0.25) is 0 Å². The first-order chi connectivity index (χ1) is 12.3. The molecular weight excluding hydrogens is 339 g/mol. The van der Waals surface area contributed by atoms with Crippen molar-refractivity contribution >= 4 is 23.9 Å². The normalized spacial score (nSPS) is 16.5. The number of carboxylic acids is 1. The van der Waals surface area contributed by atoms with Gasteiger partial charge in [0.05, 0.1) is 0 Å². The Balaban J connectivity index is 1.86. The number of nitrogens with zero attached hydrogens (tertiary/aromatic N) is 1. The summed E-state index contributed by atoms with van der Waals surface area (Å²) in [5.74, 6) is -2.10. The summed E-state index contributed by atoms with van der Waals surface area (Å²) in [7, 11) is 0.